The van der Waals surface area contributed by atoms with E-state index in [4.69, 9.17) is 5.73 Å². The zero-order chi connectivity index (χ0) is 20.2. The minimum absolute atomic E-state index is 0.144. The van der Waals surface area contributed by atoms with Crippen LogP contribution in [0.1, 0.15) is 54.2 Å². The van der Waals surface area contributed by atoms with E-state index in [2.05, 4.69) is 43.2 Å². The number of nitrogens with zero attached hydrogens (tertiary/aromatic N) is 5. The first-order chi connectivity index (χ1) is 14.1. The molecule has 2 aliphatic rings. The molecule has 0 atom stereocenters. The van der Waals surface area contributed by atoms with Crippen molar-refractivity contribution in [2.75, 3.05) is 43.4 Å². The zero-order valence-electron chi connectivity index (χ0n) is 17.0. The van der Waals surface area contributed by atoms with Crippen LogP contribution >= 0.6 is 0 Å². The van der Waals surface area contributed by atoms with Gasteiger partial charge in [-0.1, -0.05) is 0 Å². The molecular formula is C21H29N7O. The summed E-state index contributed by atoms with van der Waals surface area (Å²) < 4.78 is 0. The highest BCUT2D eigenvalue weighted by Gasteiger charge is 2.20. The Morgan fingerprint density at radius 2 is 1.83 bits per heavy atom. The molecule has 2 saturated heterocycles. The van der Waals surface area contributed by atoms with Crippen molar-refractivity contribution in [3.8, 4) is 0 Å². The minimum atomic E-state index is -0.596. The summed E-state index contributed by atoms with van der Waals surface area (Å²) in [6, 6.07) is 4.05. The van der Waals surface area contributed by atoms with Crippen LogP contribution in [0.3, 0.4) is 0 Å². The van der Waals surface area contributed by atoms with Crippen molar-refractivity contribution in [3.63, 3.8) is 0 Å². The van der Waals surface area contributed by atoms with Crippen LogP contribution in [-0.4, -0.2) is 59.0 Å². The van der Waals surface area contributed by atoms with E-state index in [1.54, 1.807) is 12.4 Å². The number of nitrogens with two attached hydrogens (primary N) is 1. The Hall–Kier alpha value is -2.74. The van der Waals surface area contributed by atoms with E-state index in [-0.39, 0.29) is 5.69 Å². The lowest BCUT2D eigenvalue weighted by Crippen LogP contribution is -2.31. The van der Waals surface area contributed by atoms with Crippen LogP contribution in [0.15, 0.2) is 24.5 Å². The van der Waals surface area contributed by atoms with Gasteiger partial charge in [0.25, 0.3) is 5.91 Å². The van der Waals surface area contributed by atoms with Crippen molar-refractivity contribution in [1.29, 1.82) is 0 Å². The number of hydrogen-bond acceptors (Lipinski definition) is 7. The summed E-state index contributed by atoms with van der Waals surface area (Å²) in [5.41, 5.74) is 7.55. The molecule has 2 aromatic heterocycles. The molecule has 2 aromatic rings. The zero-order valence-corrected chi connectivity index (χ0v) is 17.0. The number of primary amides is 1. The molecule has 4 heterocycles. The second-order valence-corrected chi connectivity index (χ2v) is 8.01. The fraction of sp³-hybridized carbons (Fsp3) is 0.524. The maximum atomic E-state index is 11.8. The molecule has 0 aliphatic carbocycles. The molecule has 0 spiro atoms. The normalized spacial score (nSPS) is 18.6. The summed E-state index contributed by atoms with van der Waals surface area (Å²) in [6.07, 6.45) is 9.22. The third-order valence-corrected chi connectivity index (χ3v) is 5.86. The quantitative estimate of drug-likeness (QED) is 0.802. The summed E-state index contributed by atoms with van der Waals surface area (Å²) in [5, 5.41) is 3.20. The predicted octanol–water partition coefficient (Wildman–Crippen LogP) is 2.51. The highest BCUT2D eigenvalue weighted by atomic mass is 16.1. The van der Waals surface area contributed by atoms with E-state index < -0.39 is 5.91 Å². The Labute approximate surface area is 171 Å². The van der Waals surface area contributed by atoms with Gasteiger partial charge in [0.05, 0.1) is 18.1 Å². The number of piperidine rings is 2. The lowest BCUT2D eigenvalue weighted by atomic mass is 9.93. The van der Waals surface area contributed by atoms with Gasteiger partial charge in [-0.2, -0.15) is 0 Å². The summed E-state index contributed by atoms with van der Waals surface area (Å²) in [5.74, 6) is 1.06. The first kappa shape index (κ1) is 19.6. The fourth-order valence-corrected chi connectivity index (χ4v) is 4.08. The van der Waals surface area contributed by atoms with Gasteiger partial charge in [0, 0.05) is 24.7 Å². The van der Waals surface area contributed by atoms with Crippen molar-refractivity contribution >= 4 is 23.2 Å². The van der Waals surface area contributed by atoms with Crippen LogP contribution in [0.2, 0.25) is 0 Å². The van der Waals surface area contributed by atoms with Gasteiger partial charge >= 0.3 is 0 Å². The molecule has 1 amide bonds. The summed E-state index contributed by atoms with van der Waals surface area (Å²) >= 11 is 0. The Kier molecular flexibility index (Phi) is 5.89. The van der Waals surface area contributed by atoms with E-state index >= 15 is 0 Å². The van der Waals surface area contributed by atoms with Crippen LogP contribution in [0.25, 0.3) is 0 Å². The SMILES string of the molecule is CN1CCC(c2ccc(Nc3nc(N4CCCCC4)cnc3C(N)=O)cn2)CC1. The summed E-state index contributed by atoms with van der Waals surface area (Å²) in [7, 11) is 2.16. The molecule has 8 nitrogen and oxygen atoms in total. The molecule has 2 fully saturated rings. The van der Waals surface area contributed by atoms with Gasteiger partial charge in [0.2, 0.25) is 0 Å². The van der Waals surface area contributed by atoms with Crippen LogP contribution in [0.5, 0.6) is 0 Å². The van der Waals surface area contributed by atoms with E-state index in [9.17, 15) is 4.79 Å². The van der Waals surface area contributed by atoms with Gasteiger partial charge in [0.15, 0.2) is 11.5 Å². The number of carbonyl (C=O) groups excluding carboxylic acids is 1. The van der Waals surface area contributed by atoms with Gasteiger partial charge in [-0.3, -0.25) is 9.78 Å². The monoisotopic (exact) mass is 395 g/mol. The fourth-order valence-electron chi connectivity index (χ4n) is 4.08. The Morgan fingerprint density at radius 3 is 2.48 bits per heavy atom. The highest BCUT2D eigenvalue weighted by molar-refractivity contribution is 5.96. The molecule has 4 rings (SSSR count). The molecule has 29 heavy (non-hydrogen) atoms. The number of aromatic nitrogens is 3. The second-order valence-electron chi connectivity index (χ2n) is 8.01. The van der Waals surface area contributed by atoms with E-state index in [0.29, 0.717) is 11.7 Å². The van der Waals surface area contributed by atoms with Crippen LogP contribution in [0.4, 0.5) is 17.3 Å². The minimum Gasteiger partial charge on any atom is -0.364 e. The first-order valence-electron chi connectivity index (χ1n) is 10.4. The molecule has 0 saturated carbocycles. The van der Waals surface area contributed by atoms with Crippen LogP contribution in [-0.2, 0) is 0 Å². The number of hydrogen-bond donors (Lipinski definition) is 2. The van der Waals surface area contributed by atoms with Gasteiger partial charge in [-0.25, -0.2) is 9.97 Å². The Bertz CT molecular complexity index is 841. The number of amides is 1. The third kappa shape index (κ3) is 4.64. The lowest BCUT2D eigenvalue weighted by molar-refractivity contribution is 0.0996. The molecular weight excluding hydrogens is 366 g/mol. The Morgan fingerprint density at radius 1 is 1.07 bits per heavy atom. The van der Waals surface area contributed by atoms with Crippen molar-refractivity contribution in [2.24, 2.45) is 5.73 Å². The number of pyridine rings is 1. The van der Waals surface area contributed by atoms with Crippen LogP contribution in [0, 0.1) is 0 Å². The maximum Gasteiger partial charge on any atom is 0.271 e. The van der Waals surface area contributed by atoms with Gasteiger partial charge in [0.1, 0.15) is 5.82 Å². The van der Waals surface area contributed by atoms with Gasteiger partial charge < -0.3 is 20.9 Å². The van der Waals surface area contributed by atoms with E-state index in [1.165, 1.54) is 6.42 Å². The molecule has 0 bridgehead atoms. The average Bonchev–Trinajstić information content (AvgIpc) is 2.75. The molecule has 3 N–H and O–H groups in total. The van der Waals surface area contributed by atoms with Gasteiger partial charge in [-0.15, -0.1) is 0 Å². The Balaban J connectivity index is 1.52. The molecule has 0 aromatic carbocycles. The van der Waals surface area contributed by atoms with E-state index in [1.807, 2.05) is 6.07 Å². The van der Waals surface area contributed by atoms with Crippen molar-refractivity contribution in [2.45, 2.75) is 38.0 Å². The third-order valence-electron chi connectivity index (χ3n) is 5.86. The van der Waals surface area contributed by atoms with Crippen LogP contribution < -0.4 is 16.0 Å². The molecule has 0 radical (unpaired) electrons. The number of rotatable bonds is 5. The number of carbonyl (C=O) groups is 1. The van der Waals surface area contributed by atoms with E-state index in [0.717, 1.165) is 69.1 Å². The molecule has 0 unspecified atom stereocenters. The topological polar surface area (TPSA) is 100 Å². The highest BCUT2D eigenvalue weighted by Crippen LogP contribution is 2.28. The number of anilines is 3. The predicted molar refractivity (Wildman–Crippen MR) is 114 cm³/mol. The van der Waals surface area contributed by atoms with Crippen molar-refractivity contribution in [3.05, 3.63) is 35.9 Å². The number of likely N-dealkylation sites (tertiary alicyclic amines) is 1. The smallest absolute Gasteiger partial charge is 0.271 e. The van der Waals surface area contributed by atoms with Crippen molar-refractivity contribution < 1.29 is 4.79 Å². The average molecular weight is 396 g/mol. The van der Waals surface area contributed by atoms with Crippen molar-refractivity contribution in [1.82, 2.24) is 19.9 Å². The first-order valence-corrected chi connectivity index (χ1v) is 10.4. The standard InChI is InChI=1S/C21H29N7O/c1-27-11-7-15(8-12-27)17-6-5-16(13-23-17)25-21-19(20(22)29)24-14-18(26-21)28-9-3-2-4-10-28/h5-6,13-15H,2-4,7-12H2,1H3,(H2,22,29)(H,25,26). The van der Waals surface area contributed by atoms with Gasteiger partial charge in [-0.05, 0) is 64.4 Å². The second kappa shape index (κ2) is 8.73. The molecule has 8 heteroatoms. The lowest BCUT2D eigenvalue weighted by Gasteiger charge is -2.28. The largest absolute Gasteiger partial charge is 0.364 e. The summed E-state index contributed by atoms with van der Waals surface area (Å²) in [4.78, 5) is 30.0. The maximum absolute atomic E-state index is 11.8. The molecule has 2 aliphatic heterocycles. The number of nitrogens with one attached hydrogen (secondary N) is 1. The molecule has 154 valence electrons. The summed E-state index contributed by atoms with van der Waals surface area (Å²) in [6.45, 7) is 4.12.